The lowest BCUT2D eigenvalue weighted by atomic mass is 9.97. The van der Waals surface area contributed by atoms with E-state index in [1.807, 2.05) is 0 Å². The fourth-order valence-electron chi connectivity index (χ4n) is 3.90. The lowest BCUT2D eigenvalue weighted by Gasteiger charge is -2.29. The molecule has 1 saturated carbocycles. The lowest BCUT2D eigenvalue weighted by molar-refractivity contribution is -0.148. The maximum atomic E-state index is 13.0. The van der Waals surface area contributed by atoms with E-state index in [-0.39, 0.29) is 24.2 Å². The summed E-state index contributed by atoms with van der Waals surface area (Å²) in [5.41, 5.74) is -2.49. The molecule has 1 amide bonds. The van der Waals surface area contributed by atoms with Gasteiger partial charge in [0.1, 0.15) is 11.1 Å². The molecule has 0 saturated heterocycles. The number of rotatable bonds is 6. The molecule has 0 spiro atoms. The Bertz CT molecular complexity index is 1060. The number of amides is 1. The van der Waals surface area contributed by atoms with Crippen LogP contribution in [0, 0.1) is 0 Å². The molecule has 2 aromatic rings. The highest BCUT2D eigenvalue weighted by Gasteiger charge is 2.55. The Morgan fingerprint density at radius 1 is 0.886 bits per heavy atom. The maximum Gasteiger partial charge on any atom is 0.408 e. The van der Waals surface area contributed by atoms with E-state index in [9.17, 15) is 19.2 Å². The molecule has 35 heavy (non-hydrogen) atoms. The summed E-state index contributed by atoms with van der Waals surface area (Å²) in [5.74, 6) is -2.13. The number of carbonyl (C=O) groups is 4. The normalized spacial score (nSPS) is 19.0. The summed E-state index contributed by atoms with van der Waals surface area (Å²) in [6.45, 7) is 5.06. The van der Waals surface area contributed by atoms with Gasteiger partial charge in [-0.1, -0.05) is 10.4 Å². The molecular formula is C20H27N7O8. The largest absolute Gasteiger partial charge is 0.467 e. The second-order valence-corrected chi connectivity index (χ2v) is 8.89. The van der Waals surface area contributed by atoms with Crippen molar-refractivity contribution < 1.29 is 38.1 Å². The number of ether oxygens (including phenoxy) is 4. The Hall–Kier alpha value is -4.04. The highest BCUT2D eigenvalue weighted by molar-refractivity contribution is 5.87. The smallest absolute Gasteiger partial charge is 0.408 e. The minimum atomic E-state index is -1.55. The van der Waals surface area contributed by atoms with Gasteiger partial charge in [0.15, 0.2) is 11.4 Å². The third-order valence-electron chi connectivity index (χ3n) is 5.36. The van der Waals surface area contributed by atoms with Gasteiger partial charge in [-0.15, -0.1) is 10.2 Å². The number of carbonyl (C=O) groups excluding carboxylic acids is 4. The molecule has 2 heterocycles. The van der Waals surface area contributed by atoms with Crippen LogP contribution in [0.15, 0.2) is 12.4 Å². The predicted molar refractivity (Wildman–Crippen MR) is 114 cm³/mol. The number of aromatic nitrogens is 6. The van der Waals surface area contributed by atoms with Gasteiger partial charge in [0.05, 0.1) is 45.8 Å². The van der Waals surface area contributed by atoms with E-state index in [2.05, 4.69) is 35.4 Å². The molecule has 0 aliphatic heterocycles. The van der Waals surface area contributed by atoms with Gasteiger partial charge in [-0.3, -0.25) is 0 Å². The Kier molecular flexibility index (Phi) is 7.07. The number of alkyl carbamates (subject to hydrolysis) is 1. The molecule has 0 radical (unpaired) electrons. The summed E-state index contributed by atoms with van der Waals surface area (Å²) >= 11 is 0. The van der Waals surface area contributed by atoms with Crippen LogP contribution in [0.1, 0.15) is 66.7 Å². The number of esters is 3. The molecule has 190 valence electrons. The van der Waals surface area contributed by atoms with Crippen molar-refractivity contribution in [3.8, 4) is 0 Å². The first-order valence-electron chi connectivity index (χ1n) is 10.5. The molecule has 1 aliphatic carbocycles. The first-order chi connectivity index (χ1) is 16.4. The number of nitrogens with zero attached hydrogens (tertiary/aromatic N) is 6. The number of hydrogen-bond donors (Lipinski definition) is 1. The number of methoxy groups -OCH3 is 3. The van der Waals surface area contributed by atoms with Gasteiger partial charge >= 0.3 is 24.0 Å². The van der Waals surface area contributed by atoms with Crippen LogP contribution in [0.2, 0.25) is 0 Å². The zero-order valence-corrected chi connectivity index (χ0v) is 20.2. The minimum Gasteiger partial charge on any atom is -0.467 e. The van der Waals surface area contributed by atoms with Crippen LogP contribution >= 0.6 is 0 Å². The number of nitrogens with one attached hydrogen (secondary N) is 1. The van der Waals surface area contributed by atoms with Gasteiger partial charge < -0.3 is 24.3 Å². The van der Waals surface area contributed by atoms with Crippen LogP contribution in [0.4, 0.5) is 4.79 Å². The third kappa shape index (κ3) is 5.38. The minimum absolute atomic E-state index is 0.0268. The monoisotopic (exact) mass is 493 g/mol. The fraction of sp³-hybridized carbons (Fsp3) is 0.600. The zero-order valence-electron chi connectivity index (χ0n) is 20.2. The summed E-state index contributed by atoms with van der Waals surface area (Å²) in [5, 5.41) is 18.3. The van der Waals surface area contributed by atoms with Crippen molar-refractivity contribution in [1.82, 2.24) is 35.3 Å². The molecule has 1 N–H and O–H groups in total. The van der Waals surface area contributed by atoms with Crippen LogP contribution in [-0.4, -0.2) is 86.5 Å². The van der Waals surface area contributed by atoms with Crippen LogP contribution in [0.3, 0.4) is 0 Å². The van der Waals surface area contributed by atoms with Crippen LogP contribution in [0.5, 0.6) is 0 Å². The highest BCUT2D eigenvalue weighted by Crippen LogP contribution is 2.46. The van der Waals surface area contributed by atoms with Gasteiger partial charge in [-0.25, -0.2) is 28.5 Å². The Balaban J connectivity index is 2.04. The van der Waals surface area contributed by atoms with E-state index in [0.29, 0.717) is 0 Å². The van der Waals surface area contributed by atoms with Gasteiger partial charge in [0.2, 0.25) is 0 Å². The lowest BCUT2D eigenvalue weighted by Crippen LogP contribution is -2.54. The van der Waals surface area contributed by atoms with Crippen molar-refractivity contribution in [3.63, 3.8) is 0 Å². The van der Waals surface area contributed by atoms with Crippen LogP contribution < -0.4 is 5.32 Å². The molecule has 0 bridgehead atoms. The van der Waals surface area contributed by atoms with Crippen molar-refractivity contribution in [2.24, 2.45) is 0 Å². The van der Waals surface area contributed by atoms with E-state index in [1.165, 1.54) is 43.1 Å². The molecule has 1 aliphatic rings. The van der Waals surface area contributed by atoms with Crippen LogP contribution in [-0.2, 0) is 23.7 Å². The summed E-state index contributed by atoms with van der Waals surface area (Å²) in [4.78, 5) is 49.4. The first kappa shape index (κ1) is 25.6. The number of hydrogen-bond acceptors (Lipinski definition) is 12. The van der Waals surface area contributed by atoms with E-state index in [4.69, 9.17) is 9.47 Å². The highest BCUT2D eigenvalue weighted by atomic mass is 16.6. The van der Waals surface area contributed by atoms with E-state index in [0.717, 1.165) is 0 Å². The molecule has 15 heteroatoms. The summed E-state index contributed by atoms with van der Waals surface area (Å²) < 4.78 is 22.4. The summed E-state index contributed by atoms with van der Waals surface area (Å²) in [6, 6.07) is -1.36. The Morgan fingerprint density at radius 2 is 1.34 bits per heavy atom. The zero-order chi connectivity index (χ0) is 26.0. The topological polar surface area (TPSA) is 179 Å². The van der Waals surface area contributed by atoms with Crippen molar-refractivity contribution in [3.05, 3.63) is 23.8 Å². The summed E-state index contributed by atoms with van der Waals surface area (Å²) in [7, 11) is 3.60. The van der Waals surface area contributed by atoms with E-state index in [1.54, 1.807) is 20.8 Å². The van der Waals surface area contributed by atoms with Crippen molar-refractivity contribution >= 4 is 24.0 Å². The van der Waals surface area contributed by atoms with E-state index < -0.39 is 47.2 Å². The van der Waals surface area contributed by atoms with Gasteiger partial charge in [-0.05, 0) is 20.8 Å². The van der Waals surface area contributed by atoms with Crippen molar-refractivity contribution in [1.29, 1.82) is 0 Å². The predicted octanol–water partition coefficient (Wildman–Crippen LogP) is 0.456. The molecule has 15 nitrogen and oxygen atoms in total. The summed E-state index contributed by atoms with van der Waals surface area (Å²) in [6.07, 6.45) is 1.82. The third-order valence-corrected chi connectivity index (χ3v) is 5.36. The maximum absolute atomic E-state index is 13.0. The molecule has 0 aromatic carbocycles. The quantitative estimate of drug-likeness (QED) is 0.434. The molecule has 2 aromatic heterocycles. The van der Waals surface area contributed by atoms with Crippen LogP contribution in [0.25, 0.3) is 0 Å². The average Bonchev–Trinajstić information content (AvgIpc) is 3.54. The van der Waals surface area contributed by atoms with Crippen molar-refractivity contribution in [2.75, 3.05) is 21.3 Å². The van der Waals surface area contributed by atoms with E-state index >= 15 is 0 Å². The standard InChI is InChI=1S/C20H27N7O8/c1-19(2,3)35-18(31)21-20(17(30)34-6)7-13(26-9-11(22-24-26)15(28)32-4)14(8-20)27-10-12(23-25-27)16(29)33-5/h9-10,13-14H,7-8H2,1-6H3,(H,21,31)/t13-,14-/m1/s1. The van der Waals surface area contributed by atoms with Crippen molar-refractivity contribution in [2.45, 2.75) is 56.8 Å². The first-order valence-corrected chi connectivity index (χ1v) is 10.5. The Labute approximate surface area is 200 Å². The molecule has 3 rings (SSSR count). The molecule has 2 atom stereocenters. The SMILES string of the molecule is COC(=O)c1cn([C@@H]2CC(NC(=O)OC(C)(C)C)(C(=O)OC)C[C@H]2n2cc(C(=O)OC)nn2)nn1. The van der Waals surface area contributed by atoms with Gasteiger partial charge in [0.25, 0.3) is 0 Å². The Morgan fingerprint density at radius 3 is 1.71 bits per heavy atom. The second-order valence-electron chi connectivity index (χ2n) is 8.89. The van der Waals surface area contributed by atoms with Gasteiger partial charge in [-0.2, -0.15) is 0 Å². The molecule has 0 unspecified atom stereocenters. The average molecular weight is 493 g/mol. The molecular weight excluding hydrogens is 466 g/mol. The fourth-order valence-corrected chi connectivity index (χ4v) is 3.90. The molecule has 1 fully saturated rings. The van der Waals surface area contributed by atoms with Gasteiger partial charge in [0, 0.05) is 12.8 Å². The second kappa shape index (κ2) is 9.68.